The molecule has 23 heavy (non-hydrogen) atoms. The monoisotopic (exact) mass is 325 g/mol. The second kappa shape index (κ2) is 6.76. The number of nitriles is 1. The first-order valence-electron chi connectivity index (χ1n) is 7.42. The van der Waals surface area contributed by atoms with Gasteiger partial charge in [0.15, 0.2) is 17.5 Å². The van der Waals surface area contributed by atoms with Crippen LogP contribution >= 0.6 is 11.3 Å². The van der Waals surface area contributed by atoms with E-state index in [1.807, 2.05) is 6.07 Å². The molecule has 116 valence electrons. The fraction of sp³-hybridized carbons (Fsp3) is 0.278. The molecule has 1 saturated carbocycles. The highest BCUT2D eigenvalue weighted by Crippen LogP contribution is 2.29. The quantitative estimate of drug-likeness (QED) is 0.574. The molecule has 5 heteroatoms. The van der Waals surface area contributed by atoms with E-state index >= 15 is 0 Å². The minimum atomic E-state index is -1.30. The minimum absolute atomic E-state index is 0.346. The lowest BCUT2D eigenvalue weighted by Gasteiger charge is -2.08. The molecule has 1 atom stereocenters. The summed E-state index contributed by atoms with van der Waals surface area (Å²) in [4.78, 5) is 24.7. The summed E-state index contributed by atoms with van der Waals surface area (Å²) in [5, 5.41) is 12.6. The number of nitrogens with zero attached hydrogens (tertiary/aromatic N) is 1. The lowest BCUT2D eigenvalue weighted by atomic mass is 9.92. The Morgan fingerprint density at radius 1 is 1.17 bits per heavy atom. The Hall–Kier alpha value is -2.45. The van der Waals surface area contributed by atoms with Gasteiger partial charge in [-0.25, -0.2) is 0 Å². The number of ketones is 2. The Morgan fingerprint density at radius 2 is 1.87 bits per heavy atom. The summed E-state index contributed by atoms with van der Waals surface area (Å²) in [5.74, 6) is -0.873. The predicted molar refractivity (Wildman–Crippen MR) is 86.7 cm³/mol. The summed E-state index contributed by atoms with van der Waals surface area (Å²) in [6, 6.07) is 10.1. The third kappa shape index (κ3) is 3.66. The Balaban J connectivity index is 1.70. The summed E-state index contributed by atoms with van der Waals surface area (Å²) >= 11 is 1.36. The Kier molecular flexibility index (Phi) is 4.54. The number of thiophene rings is 1. The van der Waals surface area contributed by atoms with Crippen LogP contribution in [0, 0.1) is 23.2 Å². The molecule has 4 nitrogen and oxygen atoms in total. The summed E-state index contributed by atoms with van der Waals surface area (Å²) in [7, 11) is 0. The molecule has 0 saturated heterocycles. The van der Waals surface area contributed by atoms with E-state index in [0.717, 1.165) is 0 Å². The third-order valence-electron chi connectivity index (χ3n) is 3.78. The molecule has 1 fully saturated rings. The van der Waals surface area contributed by atoms with Gasteiger partial charge in [0.05, 0.1) is 12.7 Å². The van der Waals surface area contributed by atoms with Crippen LogP contribution in [0.1, 0.15) is 33.6 Å². The van der Waals surface area contributed by atoms with Crippen molar-refractivity contribution in [3.8, 4) is 11.8 Å². The zero-order valence-corrected chi connectivity index (χ0v) is 13.2. The molecule has 0 N–H and O–H groups in total. The molecular formula is C18H15NO3S. The molecule has 1 heterocycles. The van der Waals surface area contributed by atoms with E-state index in [1.165, 1.54) is 24.2 Å². The molecule has 0 radical (unpaired) electrons. The van der Waals surface area contributed by atoms with Gasteiger partial charge in [0.2, 0.25) is 0 Å². The van der Waals surface area contributed by atoms with Crippen LogP contribution in [-0.4, -0.2) is 18.2 Å². The van der Waals surface area contributed by atoms with E-state index in [4.69, 9.17) is 4.74 Å². The average Bonchev–Trinajstić information content (AvgIpc) is 3.24. The topological polar surface area (TPSA) is 67.2 Å². The van der Waals surface area contributed by atoms with Crippen LogP contribution in [0.15, 0.2) is 41.1 Å². The van der Waals surface area contributed by atoms with Crippen LogP contribution in [0.25, 0.3) is 0 Å². The number of hydrogen-bond donors (Lipinski definition) is 0. The zero-order valence-electron chi connectivity index (χ0n) is 12.4. The Bertz CT molecular complexity index is 740. The number of ether oxygens (including phenoxy) is 1. The maximum absolute atomic E-state index is 12.4. The van der Waals surface area contributed by atoms with Gasteiger partial charge in [0.1, 0.15) is 5.75 Å². The van der Waals surface area contributed by atoms with Gasteiger partial charge >= 0.3 is 0 Å². The molecule has 0 bridgehead atoms. The molecule has 1 aliphatic rings. The van der Waals surface area contributed by atoms with Crippen LogP contribution in [-0.2, 0) is 0 Å². The number of carbonyl (C=O) groups excluding carboxylic acids is 2. The number of carbonyl (C=O) groups is 2. The summed E-state index contributed by atoms with van der Waals surface area (Å²) in [6.45, 7) is 0.699. The van der Waals surface area contributed by atoms with Gasteiger partial charge in [-0.2, -0.15) is 16.6 Å². The van der Waals surface area contributed by atoms with Gasteiger partial charge in [0, 0.05) is 16.5 Å². The third-order valence-corrected chi connectivity index (χ3v) is 4.46. The van der Waals surface area contributed by atoms with Crippen molar-refractivity contribution in [3.63, 3.8) is 0 Å². The molecular weight excluding hydrogens is 310 g/mol. The van der Waals surface area contributed by atoms with Crippen LogP contribution in [0.3, 0.4) is 0 Å². The van der Waals surface area contributed by atoms with Crippen molar-refractivity contribution in [2.75, 3.05) is 6.61 Å². The Morgan fingerprint density at radius 3 is 2.43 bits per heavy atom. The molecule has 0 spiro atoms. The summed E-state index contributed by atoms with van der Waals surface area (Å²) < 4.78 is 5.62. The molecule has 2 aromatic rings. The first-order chi connectivity index (χ1) is 11.2. The van der Waals surface area contributed by atoms with Crippen molar-refractivity contribution < 1.29 is 14.3 Å². The summed E-state index contributed by atoms with van der Waals surface area (Å²) in [6.07, 6.45) is 2.43. The van der Waals surface area contributed by atoms with Crippen molar-refractivity contribution in [2.45, 2.75) is 12.8 Å². The number of rotatable bonds is 7. The molecule has 1 unspecified atom stereocenters. The van der Waals surface area contributed by atoms with Gasteiger partial charge in [0.25, 0.3) is 0 Å². The van der Waals surface area contributed by atoms with Crippen LogP contribution in [0.5, 0.6) is 5.75 Å². The molecule has 1 aromatic heterocycles. The van der Waals surface area contributed by atoms with Gasteiger partial charge in [-0.1, -0.05) is 0 Å². The van der Waals surface area contributed by atoms with E-state index in [0.29, 0.717) is 29.4 Å². The van der Waals surface area contributed by atoms with Crippen molar-refractivity contribution in [1.29, 1.82) is 5.26 Å². The fourth-order valence-electron chi connectivity index (χ4n) is 2.19. The highest BCUT2D eigenvalue weighted by atomic mass is 32.1. The van der Waals surface area contributed by atoms with Gasteiger partial charge in [-0.3, -0.25) is 9.59 Å². The van der Waals surface area contributed by atoms with Gasteiger partial charge < -0.3 is 4.74 Å². The fourth-order valence-corrected chi connectivity index (χ4v) is 2.83. The number of hydrogen-bond acceptors (Lipinski definition) is 5. The van der Waals surface area contributed by atoms with Crippen molar-refractivity contribution >= 4 is 22.9 Å². The normalized spacial score (nSPS) is 14.7. The van der Waals surface area contributed by atoms with Crippen LogP contribution in [0.4, 0.5) is 0 Å². The minimum Gasteiger partial charge on any atom is -0.493 e. The second-order valence-corrected chi connectivity index (χ2v) is 6.36. The van der Waals surface area contributed by atoms with Crippen molar-refractivity contribution in [2.24, 2.45) is 11.8 Å². The maximum Gasteiger partial charge on any atom is 0.188 e. The predicted octanol–water partition coefficient (Wildman–Crippen LogP) is 3.74. The molecule has 0 amide bonds. The molecule has 0 aliphatic heterocycles. The van der Waals surface area contributed by atoms with E-state index < -0.39 is 17.5 Å². The van der Waals surface area contributed by atoms with Crippen LogP contribution in [0.2, 0.25) is 0 Å². The lowest BCUT2D eigenvalue weighted by molar-refractivity contribution is 0.0846. The van der Waals surface area contributed by atoms with E-state index in [1.54, 1.807) is 41.1 Å². The smallest absolute Gasteiger partial charge is 0.188 e. The van der Waals surface area contributed by atoms with Crippen LogP contribution < -0.4 is 4.74 Å². The number of benzene rings is 1. The molecule has 3 rings (SSSR count). The molecule has 1 aliphatic carbocycles. The van der Waals surface area contributed by atoms with E-state index in [-0.39, 0.29) is 0 Å². The second-order valence-electron chi connectivity index (χ2n) is 5.58. The Labute approximate surface area is 138 Å². The van der Waals surface area contributed by atoms with Crippen molar-refractivity contribution in [3.05, 3.63) is 52.2 Å². The largest absolute Gasteiger partial charge is 0.493 e. The number of Topliss-reactive ketones (excluding diaryl/α,β-unsaturated/α-hetero) is 2. The first-order valence-corrected chi connectivity index (χ1v) is 8.36. The highest BCUT2D eigenvalue weighted by molar-refractivity contribution is 7.08. The maximum atomic E-state index is 12.4. The lowest BCUT2D eigenvalue weighted by Crippen LogP contribution is -2.22. The highest BCUT2D eigenvalue weighted by Gasteiger charge is 2.28. The first kappa shape index (κ1) is 15.4. The molecule has 1 aromatic carbocycles. The van der Waals surface area contributed by atoms with E-state index in [2.05, 4.69) is 0 Å². The zero-order chi connectivity index (χ0) is 16.2. The summed E-state index contributed by atoms with van der Waals surface area (Å²) in [5.41, 5.74) is 0.748. The van der Waals surface area contributed by atoms with Gasteiger partial charge in [-0.15, -0.1) is 0 Å². The van der Waals surface area contributed by atoms with E-state index in [9.17, 15) is 14.9 Å². The van der Waals surface area contributed by atoms with Gasteiger partial charge in [-0.05, 0) is 54.5 Å². The SMILES string of the molecule is N#CC(C(=O)c1ccc(OCC2CC2)cc1)C(=O)c1ccsc1. The standard InChI is InChI=1S/C18H15NO3S/c19-9-16(18(21)14-7-8-23-11-14)17(20)13-3-5-15(6-4-13)22-10-12-1-2-12/h3-8,11-12,16H,1-2,10H2. The average molecular weight is 325 g/mol. The van der Waals surface area contributed by atoms with Crippen molar-refractivity contribution in [1.82, 2.24) is 0 Å².